The van der Waals surface area contributed by atoms with Gasteiger partial charge in [0.25, 0.3) is 0 Å². The van der Waals surface area contributed by atoms with Crippen molar-refractivity contribution in [2.75, 3.05) is 26.2 Å². The van der Waals surface area contributed by atoms with Crippen molar-refractivity contribution in [1.29, 1.82) is 0 Å². The highest BCUT2D eigenvalue weighted by Gasteiger charge is 2.27. The summed E-state index contributed by atoms with van der Waals surface area (Å²) in [4.78, 5) is 34.6. The van der Waals surface area contributed by atoms with Crippen molar-refractivity contribution >= 4 is 35.4 Å². The lowest BCUT2D eigenvalue weighted by molar-refractivity contribution is -0.146. The van der Waals surface area contributed by atoms with Crippen LogP contribution in [-0.2, 0) is 21.0 Å². The Morgan fingerprint density at radius 3 is 2.82 bits per heavy atom. The lowest BCUT2D eigenvalue weighted by Crippen LogP contribution is -2.54. The molecule has 12 heteroatoms. The highest BCUT2D eigenvalue weighted by Crippen LogP contribution is 2.19. The first-order valence-electron chi connectivity index (χ1n) is 10.4. The van der Waals surface area contributed by atoms with E-state index in [0.29, 0.717) is 37.0 Å². The normalized spacial score (nSPS) is 17.5. The highest BCUT2D eigenvalue weighted by atomic mass is 35.5. The van der Waals surface area contributed by atoms with E-state index in [0.717, 1.165) is 11.1 Å². The molecular formula is C21H27ClN8O3. The van der Waals surface area contributed by atoms with E-state index >= 15 is 0 Å². The average molecular weight is 475 g/mol. The minimum atomic E-state index is -0.487. The molecule has 1 aromatic heterocycles. The van der Waals surface area contributed by atoms with Crippen LogP contribution in [0.1, 0.15) is 30.8 Å². The number of aromatic nitrogens is 4. The second kappa shape index (κ2) is 11.0. The molecule has 33 heavy (non-hydrogen) atoms. The largest absolute Gasteiger partial charge is 0.385 e. The summed E-state index contributed by atoms with van der Waals surface area (Å²) in [6.07, 6.45) is 3.31. The summed E-state index contributed by atoms with van der Waals surface area (Å²) >= 11 is 6.16. The van der Waals surface area contributed by atoms with E-state index in [-0.39, 0.29) is 24.3 Å². The average Bonchev–Trinajstić information content (AvgIpc) is 3.16. The zero-order valence-corrected chi connectivity index (χ0v) is 19.6. The number of aryl methyl sites for hydroxylation is 1. The first-order valence-corrected chi connectivity index (χ1v) is 10.8. The number of nitrogens with two attached hydrogens (primary N) is 1. The van der Waals surface area contributed by atoms with Crippen LogP contribution in [0.4, 0.5) is 0 Å². The fourth-order valence-electron chi connectivity index (χ4n) is 3.51. The second-order valence-electron chi connectivity index (χ2n) is 7.86. The smallest absolute Gasteiger partial charge is 0.348 e. The maximum Gasteiger partial charge on any atom is 0.348 e. The molecule has 0 saturated carbocycles. The number of carbonyl (C=O) groups excluding carboxylic acids is 2. The van der Waals surface area contributed by atoms with Crippen LogP contribution >= 0.6 is 11.6 Å². The molecule has 1 amide bonds. The first-order chi connectivity index (χ1) is 15.7. The van der Waals surface area contributed by atoms with Gasteiger partial charge in [-0.3, -0.25) is 9.69 Å². The van der Waals surface area contributed by atoms with Crippen LogP contribution in [0, 0.1) is 6.92 Å². The van der Waals surface area contributed by atoms with E-state index in [2.05, 4.69) is 20.6 Å². The summed E-state index contributed by atoms with van der Waals surface area (Å²) < 4.78 is 0. The number of oxime groups is 1. The number of benzene rings is 1. The summed E-state index contributed by atoms with van der Waals surface area (Å²) in [5, 5.41) is 16.1. The topological polar surface area (TPSA) is 132 Å². The van der Waals surface area contributed by atoms with Gasteiger partial charge in [0.15, 0.2) is 5.82 Å². The molecule has 0 aliphatic carbocycles. The van der Waals surface area contributed by atoms with Gasteiger partial charge in [0.05, 0.1) is 13.1 Å². The zero-order chi connectivity index (χ0) is 24.0. The van der Waals surface area contributed by atoms with Gasteiger partial charge in [-0.2, -0.15) is 4.80 Å². The molecule has 1 atom stereocenters. The zero-order valence-electron chi connectivity index (χ0n) is 18.8. The Kier molecular flexibility index (Phi) is 8.12. The van der Waals surface area contributed by atoms with Crippen molar-refractivity contribution in [2.45, 2.75) is 33.4 Å². The monoisotopic (exact) mass is 474 g/mol. The fourth-order valence-corrected chi connectivity index (χ4v) is 3.71. The summed E-state index contributed by atoms with van der Waals surface area (Å²) in [6.45, 7) is 7.30. The molecule has 0 spiro atoms. The van der Waals surface area contributed by atoms with Crippen LogP contribution in [0.5, 0.6) is 0 Å². The van der Waals surface area contributed by atoms with Crippen LogP contribution < -0.4 is 5.73 Å². The number of nitrogens with zero attached hydrogens (tertiary/aromatic N) is 7. The van der Waals surface area contributed by atoms with E-state index in [1.165, 1.54) is 11.7 Å². The Labute approximate surface area is 196 Å². The molecule has 1 aliphatic rings. The van der Waals surface area contributed by atoms with Gasteiger partial charge in [-0.1, -0.05) is 22.8 Å². The number of hydrogen-bond donors (Lipinski definition) is 1. The minimum Gasteiger partial charge on any atom is -0.385 e. The van der Waals surface area contributed by atoms with Gasteiger partial charge in [-0.15, -0.1) is 10.2 Å². The van der Waals surface area contributed by atoms with Crippen molar-refractivity contribution in [3.63, 3.8) is 0 Å². The number of hydrogen-bond acceptors (Lipinski definition) is 8. The predicted molar refractivity (Wildman–Crippen MR) is 123 cm³/mol. The Morgan fingerprint density at radius 2 is 2.15 bits per heavy atom. The standard InChI is InChI=1S/C21H27ClN8O3/c1-14-11-28(13-21(32)33-26-15(2)23)8-9-29(14)20(31)7-5-17-4-6-19(22)10-18(17)12-30-25-16(3)24-27-30/h4-7,10,14H,8-9,11-13H2,1-3H3,(H2,23,26)/t14-/m1/s1. The van der Waals surface area contributed by atoms with Gasteiger partial charge >= 0.3 is 5.97 Å². The molecule has 2 aromatic rings. The van der Waals surface area contributed by atoms with E-state index in [9.17, 15) is 9.59 Å². The fraction of sp³-hybridized carbons (Fsp3) is 0.429. The maximum absolute atomic E-state index is 12.9. The van der Waals surface area contributed by atoms with Crippen LogP contribution in [0.15, 0.2) is 29.4 Å². The summed E-state index contributed by atoms with van der Waals surface area (Å²) in [7, 11) is 0. The molecule has 2 N–H and O–H groups in total. The molecule has 3 rings (SSSR count). The second-order valence-corrected chi connectivity index (χ2v) is 8.29. The molecule has 1 aromatic carbocycles. The van der Waals surface area contributed by atoms with Crippen molar-refractivity contribution in [1.82, 2.24) is 30.0 Å². The quantitative estimate of drug-likeness (QED) is 0.207. The van der Waals surface area contributed by atoms with Crippen LogP contribution in [0.3, 0.4) is 0 Å². The lowest BCUT2D eigenvalue weighted by atomic mass is 10.1. The van der Waals surface area contributed by atoms with Gasteiger partial charge in [-0.05, 0) is 55.3 Å². The number of rotatable bonds is 7. The van der Waals surface area contributed by atoms with E-state index < -0.39 is 5.97 Å². The number of halogens is 1. The van der Waals surface area contributed by atoms with E-state index in [1.807, 2.05) is 24.0 Å². The third-order valence-corrected chi connectivity index (χ3v) is 5.25. The number of tetrazole rings is 1. The third-order valence-electron chi connectivity index (χ3n) is 5.01. The van der Waals surface area contributed by atoms with E-state index in [1.54, 1.807) is 30.0 Å². The number of amidine groups is 1. The van der Waals surface area contributed by atoms with E-state index in [4.69, 9.17) is 22.2 Å². The molecule has 2 heterocycles. The molecule has 176 valence electrons. The summed E-state index contributed by atoms with van der Waals surface area (Å²) in [5.74, 6) is 0.158. The first kappa shape index (κ1) is 24.3. The van der Waals surface area contributed by atoms with Gasteiger partial charge in [0.1, 0.15) is 5.84 Å². The van der Waals surface area contributed by atoms with Gasteiger partial charge in [-0.25, -0.2) is 4.79 Å². The van der Waals surface area contributed by atoms with Crippen LogP contribution in [0.2, 0.25) is 5.02 Å². The van der Waals surface area contributed by atoms with Crippen molar-refractivity contribution in [3.8, 4) is 0 Å². The summed E-state index contributed by atoms with van der Waals surface area (Å²) in [6, 6.07) is 5.37. The van der Waals surface area contributed by atoms with Crippen molar-refractivity contribution in [2.24, 2.45) is 10.9 Å². The minimum absolute atomic E-state index is 0.0737. The molecule has 1 fully saturated rings. The molecular weight excluding hydrogens is 448 g/mol. The molecule has 0 bridgehead atoms. The predicted octanol–water partition coefficient (Wildman–Crippen LogP) is 1.06. The summed E-state index contributed by atoms with van der Waals surface area (Å²) in [5.41, 5.74) is 7.08. The van der Waals surface area contributed by atoms with Crippen LogP contribution in [0.25, 0.3) is 6.08 Å². The Morgan fingerprint density at radius 1 is 1.36 bits per heavy atom. The van der Waals surface area contributed by atoms with Gasteiger partial charge < -0.3 is 15.5 Å². The van der Waals surface area contributed by atoms with Crippen molar-refractivity contribution in [3.05, 3.63) is 46.2 Å². The lowest BCUT2D eigenvalue weighted by Gasteiger charge is -2.38. The van der Waals surface area contributed by atoms with Crippen molar-refractivity contribution < 1.29 is 14.4 Å². The van der Waals surface area contributed by atoms with Gasteiger partial charge in [0.2, 0.25) is 5.91 Å². The van der Waals surface area contributed by atoms with Gasteiger partial charge in [0, 0.05) is 36.8 Å². The Balaban J connectivity index is 1.61. The number of piperazine rings is 1. The highest BCUT2D eigenvalue weighted by molar-refractivity contribution is 6.30. The Hall–Kier alpha value is -3.31. The molecule has 1 saturated heterocycles. The Bertz CT molecular complexity index is 1060. The van der Waals surface area contributed by atoms with Crippen LogP contribution in [-0.4, -0.2) is 79.9 Å². The SMILES string of the molecule is CC(N)=NOC(=O)CN1CCN(C(=O)C=Cc2ccc(Cl)cc2Cn2nnc(C)n2)[C@H](C)C1. The molecule has 0 radical (unpaired) electrons. The maximum atomic E-state index is 12.9. The third kappa shape index (κ3) is 7.09. The molecule has 11 nitrogen and oxygen atoms in total. The molecule has 1 aliphatic heterocycles. The number of amides is 1. The number of carbonyl (C=O) groups is 2. The molecule has 0 unspecified atom stereocenters.